The van der Waals surface area contributed by atoms with Gasteiger partial charge in [0.25, 0.3) is 0 Å². The van der Waals surface area contributed by atoms with Crippen molar-refractivity contribution in [3.05, 3.63) is 52.9 Å². The van der Waals surface area contributed by atoms with E-state index in [4.69, 9.17) is 0 Å². The lowest BCUT2D eigenvalue weighted by molar-refractivity contribution is -0.126. The van der Waals surface area contributed by atoms with E-state index in [1.54, 1.807) is 41.8 Å². The lowest BCUT2D eigenvalue weighted by Gasteiger charge is -2.35. The van der Waals surface area contributed by atoms with Crippen molar-refractivity contribution < 1.29 is 22.7 Å². The number of amides is 1. The van der Waals surface area contributed by atoms with Gasteiger partial charge in [-0.15, -0.1) is 11.3 Å². The van der Waals surface area contributed by atoms with Crippen LogP contribution in [0.3, 0.4) is 0 Å². The Labute approximate surface area is 186 Å². The van der Waals surface area contributed by atoms with Gasteiger partial charge in [0.1, 0.15) is 4.21 Å². The van der Waals surface area contributed by atoms with Crippen LogP contribution in [0.1, 0.15) is 35.7 Å². The Hall–Kier alpha value is -2.27. The van der Waals surface area contributed by atoms with E-state index in [0.29, 0.717) is 42.2 Å². The van der Waals surface area contributed by atoms with Gasteiger partial charge in [0.05, 0.1) is 18.7 Å². The van der Waals surface area contributed by atoms with Crippen LogP contribution in [0.2, 0.25) is 0 Å². The molecule has 1 amide bonds. The van der Waals surface area contributed by atoms with Crippen molar-refractivity contribution in [1.29, 1.82) is 0 Å². The number of rotatable bonds is 8. The third-order valence-corrected chi connectivity index (χ3v) is 8.30. The first kappa shape index (κ1) is 23.4. The van der Waals surface area contributed by atoms with Gasteiger partial charge < -0.3 is 10.1 Å². The minimum Gasteiger partial charge on any atom is -0.465 e. The van der Waals surface area contributed by atoms with E-state index in [0.717, 1.165) is 5.56 Å². The maximum atomic E-state index is 12.6. The average Bonchev–Trinajstić information content (AvgIpc) is 3.33. The molecule has 1 aliphatic heterocycles. The van der Waals surface area contributed by atoms with Crippen LogP contribution in [0.25, 0.3) is 0 Å². The topological polar surface area (TPSA) is 105 Å². The van der Waals surface area contributed by atoms with Crippen LogP contribution in [0, 0.1) is 0 Å². The summed E-state index contributed by atoms with van der Waals surface area (Å²) in [6.45, 7) is 3.49. The number of hydrogen-bond acceptors (Lipinski definition) is 7. The molecule has 168 valence electrons. The van der Waals surface area contributed by atoms with Crippen LogP contribution >= 0.6 is 11.3 Å². The number of hydrogen-bond donors (Lipinski definition) is 2. The molecule has 2 N–H and O–H groups in total. The number of piperidine rings is 1. The fourth-order valence-electron chi connectivity index (χ4n) is 3.48. The molecule has 1 aliphatic rings. The molecular weight excluding hydrogens is 438 g/mol. The average molecular weight is 466 g/mol. The van der Waals surface area contributed by atoms with E-state index in [1.165, 1.54) is 18.4 Å². The normalized spacial score (nSPS) is 16.6. The standard InChI is InChI=1S/C21H27N3O5S2/c1-15(20(25)22-14-16-5-7-17(8-6-16)21(26)29-2)24-11-9-18(10-12-24)23-31(27,28)19-4-3-13-30-19/h3-8,13,15,18,23H,9-12,14H2,1-2H3,(H,22,25). The van der Waals surface area contributed by atoms with Gasteiger partial charge in [0.15, 0.2) is 0 Å². The number of nitrogens with one attached hydrogen (secondary N) is 2. The highest BCUT2D eigenvalue weighted by atomic mass is 32.2. The number of benzene rings is 1. The quantitative estimate of drug-likeness (QED) is 0.578. The number of sulfonamides is 1. The molecule has 1 fully saturated rings. The Bertz CT molecular complexity index is 983. The number of thiophene rings is 1. The number of nitrogens with zero attached hydrogens (tertiary/aromatic N) is 1. The van der Waals surface area contributed by atoms with E-state index in [2.05, 4.69) is 19.7 Å². The van der Waals surface area contributed by atoms with Gasteiger partial charge in [-0.3, -0.25) is 9.69 Å². The van der Waals surface area contributed by atoms with Crippen LogP contribution in [0.4, 0.5) is 0 Å². The molecule has 1 saturated heterocycles. The predicted molar refractivity (Wildman–Crippen MR) is 118 cm³/mol. The van der Waals surface area contributed by atoms with Crippen LogP contribution in [0.15, 0.2) is 46.0 Å². The second-order valence-corrected chi connectivity index (χ2v) is 10.3. The fourth-order valence-corrected chi connectivity index (χ4v) is 5.79. The summed E-state index contributed by atoms with van der Waals surface area (Å²) in [7, 11) is -2.15. The molecule has 2 aromatic rings. The van der Waals surface area contributed by atoms with Gasteiger partial charge >= 0.3 is 5.97 Å². The van der Waals surface area contributed by atoms with E-state index in [-0.39, 0.29) is 18.0 Å². The Kier molecular flexibility index (Phi) is 7.82. The summed E-state index contributed by atoms with van der Waals surface area (Å²) in [6, 6.07) is 9.76. The Morgan fingerprint density at radius 1 is 1.19 bits per heavy atom. The lowest BCUT2D eigenvalue weighted by atomic mass is 10.0. The molecule has 0 radical (unpaired) electrons. The molecule has 0 bridgehead atoms. The molecule has 0 saturated carbocycles. The number of likely N-dealkylation sites (tertiary alicyclic amines) is 1. The Morgan fingerprint density at radius 2 is 1.87 bits per heavy atom. The van der Waals surface area contributed by atoms with Crippen molar-refractivity contribution in [1.82, 2.24) is 14.9 Å². The van der Waals surface area contributed by atoms with Gasteiger partial charge in [-0.05, 0) is 48.9 Å². The molecule has 1 aromatic carbocycles. The second-order valence-electron chi connectivity index (χ2n) is 7.45. The number of esters is 1. The summed E-state index contributed by atoms with van der Waals surface area (Å²) in [4.78, 5) is 26.1. The van der Waals surface area contributed by atoms with Crippen molar-refractivity contribution in [2.45, 2.75) is 42.6 Å². The maximum absolute atomic E-state index is 12.6. The first-order valence-electron chi connectivity index (χ1n) is 10.0. The summed E-state index contributed by atoms with van der Waals surface area (Å²) in [5.74, 6) is -0.486. The first-order valence-corrected chi connectivity index (χ1v) is 12.4. The van der Waals surface area contributed by atoms with Crippen LogP contribution < -0.4 is 10.0 Å². The van der Waals surface area contributed by atoms with Gasteiger partial charge in [-0.25, -0.2) is 17.9 Å². The van der Waals surface area contributed by atoms with E-state index < -0.39 is 16.0 Å². The van der Waals surface area contributed by atoms with Crippen molar-refractivity contribution in [3.63, 3.8) is 0 Å². The molecule has 10 heteroatoms. The Balaban J connectivity index is 1.45. The third-order valence-electron chi connectivity index (χ3n) is 5.38. The number of methoxy groups -OCH3 is 1. The predicted octanol–water partition coefficient (Wildman–Crippen LogP) is 1.98. The smallest absolute Gasteiger partial charge is 0.337 e. The summed E-state index contributed by atoms with van der Waals surface area (Å²) in [5, 5.41) is 4.66. The monoisotopic (exact) mass is 465 g/mol. The molecule has 8 nitrogen and oxygen atoms in total. The zero-order valence-electron chi connectivity index (χ0n) is 17.5. The van der Waals surface area contributed by atoms with E-state index in [9.17, 15) is 18.0 Å². The highest BCUT2D eigenvalue weighted by Crippen LogP contribution is 2.19. The molecular formula is C21H27N3O5S2. The highest BCUT2D eigenvalue weighted by molar-refractivity contribution is 7.91. The molecule has 1 unspecified atom stereocenters. The SMILES string of the molecule is COC(=O)c1ccc(CNC(=O)C(C)N2CCC(NS(=O)(=O)c3cccs3)CC2)cc1. The van der Waals surface area contributed by atoms with Gasteiger partial charge in [0.2, 0.25) is 15.9 Å². The van der Waals surface area contributed by atoms with Crippen molar-refractivity contribution in [2.75, 3.05) is 20.2 Å². The summed E-state index contributed by atoms with van der Waals surface area (Å²) in [6.07, 6.45) is 1.30. The molecule has 2 heterocycles. The second kappa shape index (κ2) is 10.4. The van der Waals surface area contributed by atoms with E-state index in [1.807, 2.05) is 6.92 Å². The Morgan fingerprint density at radius 3 is 2.45 bits per heavy atom. The zero-order chi connectivity index (χ0) is 22.4. The number of carbonyl (C=O) groups excluding carboxylic acids is 2. The summed E-state index contributed by atoms with van der Waals surface area (Å²) >= 11 is 1.20. The van der Waals surface area contributed by atoms with Gasteiger partial charge in [-0.1, -0.05) is 18.2 Å². The minimum absolute atomic E-state index is 0.0883. The van der Waals surface area contributed by atoms with E-state index >= 15 is 0 Å². The number of ether oxygens (including phenoxy) is 1. The first-order chi connectivity index (χ1) is 14.8. The zero-order valence-corrected chi connectivity index (χ0v) is 19.2. The summed E-state index contributed by atoms with van der Waals surface area (Å²) in [5.41, 5.74) is 1.35. The van der Waals surface area contributed by atoms with Gasteiger partial charge in [-0.2, -0.15) is 0 Å². The maximum Gasteiger partial charge on any atom is 0.337 e. The van der Waals surface area contributed by atoms with Crippen molar-refractivity contribution in [2.24, 2.45) is 0 Å². The molecule has 31 heavy (non-hydrogen) atoms. The highest BCUT2D eigenvalue weighted by Gasteiger charge is 2.29. The largest absolute Gasteiger partial charge is 0.465 e. The van der Waals surface area contributed by atoms with Crippen molar-refractivity contribution >= 4 is 33.2 Å². The van der Waals surface area contributed by atoms with Crippen LogP contribution in [-0.2, 0) is 26.1 Å². The molecule has 1 atom stereocenters. The lowest BCUT2D eigenvalue weighted by Crippen LogP contribution is -2.51. The number of carbonyl (C=O) groups is 2. The molecule has 0 spiro atoms. The van der Waals surface area contributed by atoms with Crippen molar-refractivity contribution in [3.8, 4) is 0 Å². The molecule has 3 rings (SSSR count). The van der Waals surface area contributed by atoms with Crippen LogP contribution in [-0.4, -0.2) is 57.5 Å². The molecule has 0 aliphatic carbocycles. The van der Waals surface area contributed by atoms with Crippen LogP contribution in [0.5, 0.6) is 0 Å². The summed E-state index contributed by atoms with van der Waals surface area (Å²) < 4.78 is 32.5. The van der Waals surface area contributed by atoms with Gasteiger partial charge in [0, 0.05) is 25.7 Å². The minimum atomic E-state index is -3.48. The fraction of sp³-hybridized carbons (Fsp3) is 0.429. The third kappa shape index (κ3) is 6.13. The molecule has 1 aromatic heterocycles.